The molecule has 55 heavy (non-hydrogen) atoms. The Morgan fingerprint density at radius 3 is 1.33 bits per heavy atom. The third-order valence-electron chi connectivity index (χ3n) is 12.1. The van der Waals surface area contributed by atoms with Crippen LogP contribution in [0.4, 0.5) is 0 Å². The summed E-state index contributed by atoms with van der Waals surface area (Å²) >= 11 is 0. The third-order valence-corrected chi connectivity index (χ3v) is 12.1. The van der Waals surface area contributed by atoms with Crippen molar-refractivity contribution in [3.63, 3.8) is 0 Å². The van der Waals surface area contributed by atoms with Gasteiger partial charge in [-0.15, -0.1) is 0 Å². The molecule has 0 saturated heterocycles. The molecule has 326 valence electrons. The monoisotopic (exact) mass is 776 g/mol. The van der Waals surface area contributed by atoms with Gasteiger partial charge in [0.05, 0.1) is 19.0 Å². The lowest BCUT2D eigenvalue weighted by atomic mass is 9.95. The standard InChI is InChI=1S/C50H97NO4/c1-5-9-13-17-19-25-34-46(32-23-15-11-7-3)44-54-49(48-38-39-48)36-27-21-29-40-51(42-31-43-52)41-30-22-28-37-50(53)55-45-47(33-24-16-12-8-4)35-26-20-18-14-10-6-2/h46-47,52H,5-45H2,1-4H3. The first-order chi connectivity index (χ1) is 27.1. The molecule has 1 aliphatic carbocycles. The number of ether oxygens (including phenoxy) is 2. The van der Waals surface area contributed by atoms with E-state index in [1.807, 2.05) is 0 Å². The third kappa shape index (κ3) is 33.6. The summed E-state index contributed by atoms with van der Waals surface area (Å²) in [6, 6.07) is 0. The van der Waals surface area contributed by atoms with Gasteiger partial charge in [0.15, 0.2) is 0 Å². The Labute approximate surface area is 344 Å². The molecular weight excluding hydrogens is 679 g/mol. The molecule has 0 aliphatic heterocycles. The van der Waals surface area contributed by atoms with Crippen molar-refractivity contribution in [2.75, 3.05) is 39.5 Å². The summed E-state index contributed by atoms with van der Waals surface area (Å²) in [7, 11) is 0. The van der Waals surface area contributed by atoms with Crippen molar-refractivity contribution >= 4 is 5.97 Å². The van der Waals surface area contributed by atoms with E-state index < -0.39 is 0 Å². The number of esters is 1. The van der Waals surface area contributed by atoms with E-state index in [-0.39, 0.29) is 12.6 Å². The minimum atomic E-state index is 0.00320. The summed E-state index contributed by atoms with van der Waals surface area (Å²) < 4.78 is 12.5. The number of carbonyl (C=O) groups is 1. The molecule has 1 saturated carbocycles. The number of aliphatic hydroxyl groups is 1. The average molecular weight is 776 g/mol. The first kappa shape index (κ1) is 51.9. The first-order valence-electron chi connectivity index (χ1n) is 24.9. The van der Waals surface area contributed by atoms with Crippen molar-refractivity contribution < 1.29 is 19.4 Å². The number of unbranched alkanes of at least 4 members (excludes halogenated alkanes) is 20. The van der Waals surface area contributed by atoms with Gasteiger partial charge in [0.1, 0.15) is 0 Å². The first-order valence-corrected chi connectivity index (χ1v) is 24.9. The van der Waals surface area contributed by atoms with Gasteiger partial charge >= 0.3 is 5.97 Å². The molecule has 2 atom stereocenters. The van der Waals surface area contributed by atoms with Crippen LogP contribution in [0.1, 0.15) is 252 Å². The van der Waals surface area contributed by atoms with Crippen LogP contribution in [0.5, 0.6) is 0 Å². The summed E-state index contributed by atoms with van der Waals surface area (Å²) in [5, 5.41) is 9.52. The van der Waals surface area contributed by atoms with E-state index in [2.05, 4.69) is 32.6 Å². The maximum absolute atomic E-state index is 12.7. The molecule has 0 bridgehead atoms. The highest BCUT2D eigenvalue weighted by molar-refractivity contribution is 5.69. The maximum atomic E-state index is 12.7. The van der Waals surface area contributed by atoms with Crippen molar-refractivity contribution in [1.29, 1.82) is 0 Å². The number of hydrogen-bond donors (Lipinski definition) is 1. The fourth-order valence-electron chi connectivity index (χ4n) is 8.17. The van der Waals surface area contributed by atoms with E-state index in [1.165, 1.54) is 192 Å². The predicted octanol–water partition coefficient (Wildman–Crippen LogP) is 15.1. The van der Waals surface area contributed by atoms with E-state index in [1.54, 1.807) is 5.57 Å². The van der Waals surface area contributed by atoms with Gasteiger partial charge in [-0.1, -0.05) is 169 Å². The lowest BCUT2D eigenvalue weighted by molar-refractivity contribution is -0.145. The second-order valence-electron chi connectivity index (χ2n) is 17.6. The molecular formula is C50H97NO4. The van der Waals surface area contributed by atoms with Gasteiger partial charge in [0, 0.05) is 26.0 Å². The van der Waals surface area contributed by atoms with E-state index in [9.17, 15) is 9.90 Å². The zero-order valence-electron chi connectivity index (χ0n) is 37.8. The van der Waals surface area contributed by atoms with Crippen molar-refractivity contribution in [3.8, 4) is 0 Å². The molecule has 5 heteroatoms. The van der Waals surface area contributed by atoms with Crippen molar-refractivity contribution in [2.24, 2.45) is 11.8 Å². The molecule has 2 unspecified atom stereocenters. The lowest BCUT2D eigenvalue weighted by Gasteiger charge is -2.22. The summed E-state index contributed by atoms with van der Waals surface area (Å²) in [6.45, 7) is 14.1. The Hall–Kier alpha value is -1.07. The summed E-state index contributed by atoms with van der Waals surface area (Å²) in [5.41, 5.74) is 1.59. The molecule has 1 fully saturated rings. The van der Waals surface area contributed by atoms with E-state index >= 15 is 0 Å². The summed E-state index contributed by atoms with van der Waals surface area (Å²) in [5.74, 6) is 2.61. The highest BCUT2D eigenvalue weighted by atomic mass is 16.5. The highest BCUT2D eigenvalue weighted by Crippen LogP contribution is 2.35. The Kier molecular flexibility index (Phi) is 37.5. The number of carbonyl (C=O) groups excluding carboxylic acids is 1. The van der Waals surface area contributed by atoms with Crippen LogP contribution in [0, 0.1) is 11.8 Å². The normalized spacial score (nSPS) is 13.7. The summed E-state index contributed by atoms with van der Waals surface area (Å²) in [4.78, 5) is 15.2. The van der Waals surface area contributed by atoms with Gasteiger partial charge in [-0.05, 0) is 101 Å². The average Bonchev–Trinajstić information content (AvgIpc) is 4.04. The largest absolute Gasteiger partial charge is 0.498 e. The van der Waals surface area contributed by atoms with Gasteiger partial charge in [-0.25, -0.2) is 0 Å². The molecule has 0 heterocycles. The molecule has 0 aromatic carbocycles. The zero-order valence-corrected chi connectivity index (χ0v) is 37.8. The van der Waals surface area contributed by atoms with Crippen molar-refractivity contribution in [2.45, 2.75) is 252 Å². The SMILES string of the molecule is CCCCCCCCC(CCCCCC)COC(=O)CCCCCN(CCCO)CCCCCC(OCC(CCCCCC)CCCCCCCC)=C1CC1. The number of hydrogen-bond acceptors (Lipinski definition) is 5. The van der Waals surface area contributed by atoms with Gasteiger partial charge in [0.25, 0.3) is 0 Å². The zero-order chi connectivity index (χ0) is 39.9. The second kappa shape index (κ2) is 39.7. The molecule has 0 radical (unpaired) electrons. The van der Waals surface area contributed by atoms with Crippen LogP contribution >= 0.6 is 0 Å². The number of nitrogens with zero attached hydrogens (tertiary/aromatic N) is 1. The fourth-order valence-corrected chi connectivity index (χ4v) is 8.17. The van der Waals surface area contributed by atoms with Crippen LogP contribution in [-0.2, 0) is 14.3 Å². The summed E-state index contributed by atoms with van der Waals surface area (Å²) in [6.07, 6.45) is 43.7. The Morgan fingerprint density at radius 1 is 0.491 bits per heavy atom. The fraction of sp³-hybridized carbons (Fsp3) is 0.940. The van der Waals surface area contributed by atoms with Crippen LogP contribution in [0.3, 0.4) is 0 Å². The second-order valence-corrected chi connectivity index (χ2v) is 17.6. The quantitative estimate of drug-likeness (QED) is 0.0379. The van der Waals surface area contributed by atoms with Crippen molar-refractivity contribution in [3.05, 3.63) is 11.3 Å². The molecule has 1 aliphatic rings. The van der Waals surface area contributed by atoms with Gasteiger partial charge in [0.2, 0.25) is 0 Å². The maximum Gasteiger partial charge on any atom is 0.305 e. The molecule has 0 amide bonds. The van der Waals surface area contributed by atoms with E-state index in [4.69, 9.17) is 9.47 Å². The van der Waals surface area contributed by atoms with Gasteiger partial charge in [-0.3, -0.25) is 4.79 Å². The minimum Gasteiger partial charge on any atom is -0.498 e. The van der Waals surface area contributed by atoms with Crippen LogP contribution in [-0.4, -0.2) is 55.4 Å². The number of rotatable bonds is 44. The lowest BCUT2D eigenvalue weighted by Crippen LogP contribution is -2.28. The molecule has 0 aromatic rings. The van der Waals surface area contributed by atoms with Crippen molar-refractivity contribution in [1.82, 2.24) is 4.90 Å². The minimum absolute atomic E-state index is 0.00320. The van der Waals surface area contributed by atoms with E-state index in [0.29, 0.717) is 18.9 Å². The Bertz CT molecular complexity index is 853. The topological polar surface area (TPSA) is 59.0 Å². The van der Waals surface area contributed by atoms with Crippen LogP contribution in [0.15, 0.2) is 11.3 Å². The van der Waals surface area contributed by atoms with E-state index in [0.717, 1.165) is 64.3 Å². The molecule has 1 N–H and O–H groups in total. The van der Waals surface area contributed by atoms with Gasteiger partial charge < -0.3 is 19.5 Å². The Morgan fingerprint density at radius 2 is 0.873 bits per heavy atom. The molecule has 0 spiro atoms. The van der Waals surface area contributed by atoms with Gasteiger partial charge in [-0.2, -0.15) is 0 Å². The number of aliphatic hydroxyl groups excluding tert-OH is 1. The predicted molar refractivity (Wildman–Crippen MR) is 239 cm³/mol. The number of allylic oxidation sites excluding steroid dienone is 2. The molecule has 5 nitrogen and oxygen atoms in total. The Balaban J connectivity index is 2.34. The van der Waals surface area contributed by atoms with Crippen LogP contribution in [0.2, 0.25) is 0 Å². The smallest absolute Gasteiger partial charge is 0.305 e. The molecule has 0 aromatic heterocycles. The van der Waals surface area contributed by atoms with Crippen LogP contribution < -0.4 is 0 Å². The van der Waals surface area contributed by atoms with Crippen LogP contribution in [0.25, 0.3) is 0 Å². The highest BCUT2D eigenvalue weighted by Gasteiger charge is 2.20. The molecule has 1 rings (SSSR count).